The van der Waals surface area contributed by atoms with Crippen molar-refractivity contribution in [3.05, 3.63) is 58.9 Å². The van der Waals surface area contributed by atoms with E-state index < -0.39 is 31.7 Å². The first kappa shape index (κ1) is 20.2. The van der Waals surface area contributed by atoms with Crippen molar-refractivity contribution in [2.75, 3.05) is 13.1 Å². The standard InChI is InChI=1S/C19H17ClF3N3O2S/c20-16-9-13(19(21,22)23)5-6-17(16)29(27,28)26-11-15(12-3-1-7-24-10-12)14-4-2-8-25-18(14)26/h2,4-6,8-9,11-12,24H,1,3,7,10H2. The maximum absolute atomic E-state index is 13.3. The molecule has 0 bridgehead atoms. The molecule has 1 unspecified atom stereocenters. The minimum atomic E-state index is -4.62. The minimum absolute atomic E-state index is 0.120. The molecule has 0 amide bonds. The van der Waals surface area contributed by atoms with Crippen LogP contribution in [0.25, 0.3) is 11.0 Å². The number of fused-ring (bicyclic) bond motifs is 1. The Morgan fingerprint density at radius 3 is 2.69 bits per heavy atom. The zero-order chi connectivity index (χ0) is 20.8. The fraction of sp³-hybridized carbons (Fsp3) is 0.316. The summed E-state index contributed by atoms with van der Waals surface area (Å²) in [7, 11) is -4.24. The Hall–Kier alpha value is -2.10. The van der Waals surface area contributed by atoms with Gasteiger partial charge in [-0.25, -0.2) is 17.4 Å². The van der Waals surface area contributed by atoms with Gasteiger partial charge in [0.15, 0.2) is 5.65 Å². The lowest BCUT2D eigenvalue weighted by atomic mass is 9.92. The summed E-state index contributed by atoms with van der Waals surface area (Å²) < 4.78 is 66.3. The Labute approximate surface area is 170 Å². The van der Waals surface area contributed by atoms with Crippen molar-refractivity contribution in [1.82, 2.24) is 14.3 Å². The topological polar surface area (TPSA) is 64.0 Å². The number of alkyl halides is 3. The molecule has 29 heavy (non-hydrogen) atoms. The highest BCUT2D eigenvalue weighted by Gasteiger charge is 2.33. The van der Waals surface area contributed by atoms with Crippen molar-refractivity contribution >= 4 is 32.7 Å². The van der Waals surface area contributed by atoms with Crippen molar-refractivity contribution in [3.63, 3.8) is 0 Å². The van der Waals surface area contributed by atoms with E-state index in [1.54, 1.807) is 12.1 Å². The van der Waals surface area contributed by atoms with Gasteiger partial charge in [-0.1, -0.05) is 11.6 Å². The third-order valence-corrected chi connectivity index (χ3v) is 7.23. The number of piperidine rings is 1. The van der Waals surface area contributed by atoms with Gasteiger partial charge in [0.25, 0.3) is 10.0 Å². The smallest absolute Gasteiger partial charge is 0.316 e. The number of halogens is 4. The van der Waals surface area contributed by atoms with Crippen molar-refractivity contribution in [3.8, 4) is 0 Å². The van der Waals surface area contributed by atoms with Crippen molar-refractivity contribution in [2.24, 2.45) is 0 Å². The molecule has 1 aliphatic heterocycles. The highest BCUT2D eigenvalue weighted by Crippen LogP contribution is 2.36. The fourth-order valence-corrected chi connectivity index (χ4v) is 5.53. The van der Waals surface area contributed by atoms with Gasteiger partial charge in [0.2, 0.25) is 0 Å². The van der Waals surface area contributed by atoms with E-state index in [2.05, 4.69) is 10.3 Å². The zero-order valence-electron chi connectivity index (χ0n) is 15.1. The molecule has 1 saturated heterocycles. The van der Waals surface area contributed by atoms with Crippen LogP contribution in [0.4, 0.5) is 13.2 Å². The van der Waals surface area contributed by atoms with Gasteiger partial charge in [-0.15, -0.1) is 0 Å². The minimum Gasteiger partial charge on any atom is -0.316 e. The molecular formula is C19H17ClF3N3O2S. The Kier molecular flexibility index (Phi) is 5.08. The quantitative estimate of drug-likeness (QED) is 0.651. The second kappa shape index (κ2) is 7.30. The third-order valence-electron chi connectivity index (χ3n) is 5.10. The van der Waals surface area contributed by atoms with Crippen LogP contribution >= 0.6 is 11.6 Å². The largest absolute Gasteiger partial charge is 0.416 e. The number of hydrogen-bond donors (Lipinski definition) is 1. The monoisotopic (exact) mass is 443 g/mol. The first-order valence-corrected chi connectivity index (χ1v) is 10.8. The first-order chi connectivity index (χ1) is 13.7. The molecule has 2 aromatic heterocycles. The Balaban J connectivity index is 1.86. The van der Waals surface area contributed by atoms with Gasteiger partial charge in [-0.2, -0.15) is 13.2 Å². The maximum atomic E-state index is 13.3. The SMILES string of the molecule is O=S(=O)(c1ccc(C(F)(F)F)cc1Cl)n1cc(C2CCCNC2)c2cccnc21. The third kappa shape index (κ3) is 3.62. The van der Waals surface area contributed by atoms with Gasteiger partial charge >= 0.3 is 6.18 Å². The second-order valence-electron chi connectivity index (χ2n) is 6.95. The Morgan fingerprint density at radius 1 is 1.24 bits per heavy atom. The van der Waals surface area contributed by atoms with Crippen LogP contribution in [0.3, 0.4) is 0 Å². The van der Waals surface area contributed by atoms with Gasteiger partial charge in [0.05, 0.1) is 10.6 Å². The lowest BCUT2D eigenvalue weighted by Gasteiger charge is -2.22. The maximum Gasteiger partial charge on any atom is 0.416 e. The average Bonchev–Trinajstić information content (AvgIpc) is 3.08. The number of aromatic nitrogens is 2. The zero-order valence-corrected chi connectivity index (χ0v) is 16.7. The molecule has 0 saturated carbocycles. The predicted molar refractivity (Wildman–Crippen MR) is 104 cm³/mol. The molecule has 154 valence electrons. The van der Waals surface area contributed by atoms with Crippen LogP contribution in [0.1, 0.15) is 29.9 Å². The summed E-state index contributed by atoms with van der Waals surface area (Å²) in [5.74, 6) is 0.120. The van der Waals surface area contributed by atoms with Crippen LogP contribution in [-0.2, 0) is 16.2 Å². The van der Waals surface area contributed by atoms with E-state index in [0.29, 0.717) is 17.5 Å². The molecule has 5 nitrogen and oxygen atoms in total. The van der Waals surface area contributed by atoms with Crippen LogP contribution in [0.2, 0.25) is 5.02 Å². The van der Waals surface area contributed by atoms with Crippen molar-refractivity contribution in [2.45, 2.75) is 29.8 Å². The van der Waals surface area contributed by atoms with Crippen LogP contribution in [-0.4, -0.2) is 30.5 Å². The number of nitrogens with zero attached hydrogens (tertiary/aromatic N) is 2. The Morgan fingerprint density at radius 2 is 2.03 bits per heavy atom. The Bertz CT molecular complexity index is 1170. The molecule has 3 aromatic rings. The molecule has 1 atom stereocenters. The van der Waals surface area contributed by atoms with Gasteiger partial charge in [-0.3, -0.25) is 0 Å². The predicted octanol–water partition coefficient (Wildman–Crippen LogP) is 4.41. The summed E-state index contributed by atoms with van der Waals surface area (Å²) in [6, 6.07) is 5.75. The molecule has 1 fully saturated rings. The molecular weight excluding hydrogens is 427 g/mol. The molecule has 1 aromatic carbocycles. The molecule has 3 heterocycles. The lowest BCUT2D eigenvalue weighted by molar-refractivity contribution is -0.137. The number of pyridine rings is 1. The van der Waals surface area contributed by atoms with Crippen molar-refractivity contribution in [1.29, 1.82) is 0 Å². The van der Waals surface area contributed by atoms with E-state index in [1.807, 2.05) is 0 Å². The van der Waals surface area contributed by atoms with E-state index in [9.17, 15) is 21.6 Å². The van der Waals surface area contributed by atoms with Crippen LogP contribution in [0.15, 0.2) is 47.6 Å². The summed E-state index contributed by atoms with van der Waals surface area (Å²) in [4.78, 5) is 3.82. The summed E-state index contributed by atoms with van der Waals surface area (Å²) in [5.41, 5.74) is 0.0573. The first-order valence-electron chi connectivity index (χ1n) is 8.98. The number of benzene rings is 1. The van der Waals surface area contributed by atoms with Gasteiger partial charge in [-0.05, 0) is 61.2 Å². The fourth-order valence-electron chi connectivity index (χ4n) is 3.67. The molecule has 1 N–H and O–H groups in total. The summed E-state index contributed by atoms with van der Waals surface area (Å²) in [6.45, 7) is 1.63. The summed E-state index contributed by atoms with van der Waals surface area (Å²) in [6.07, 6.45) is 0.246. The van der Waals surface area contributed by atoms with Gasteiger partial charge in [0, 0.05) is 24.3 Å². The average molecular weight is 444 g/mol. The lowest BCUT2D eigenvalue weighted by Crippen LogP contribution is -2.28. The number of nitrogens with one attached hydrogen (secondary N) is 1. The highest BCUT2D eigenvalue weighted by molar-refractivity contribution is 7.90. The molecule has 10 heteroatoms. The van der Waals surface area contributed by atoms with Gasteiger partial charge < -0.3 is 5.32 Å². The van der Waals surface area contributed by atoms with Gasteiger partial charge in [0.1, 0.15) is 4.90 Å². The van der Waals surface area contributed by atoms with E-state index in [4.69, 9.17) is 11.6 Å². The molecule has 0 aliphatic carbocycles. The molecule has 4 rings (SSSR count). The molecule has 1 aliphatic rings. The van der Waals surface area contributed by atoms with Crippen molar-refractivity contribution < 1.29 is 21.6 Å². The highest BCUT2D eigenvalue weighted by atomic mass is 35.5. The normalized spacial score (nSPS) is 18.3. The van der Waals surface area contributed by atoms with E-state index in [0.717, 1.165) is 41.5 Å². The summed E-state index contributed by atoms with van der Waals surface area (Å²) in [5, 5.41) is 3.51. The van der Waals surface area contributed by atoms with E-state index >= 15 is 0 Å². The number of hydrogen-bond acceptors (Lipinski definition) is 4. The molecule has 0 spiro atoms. The van der Waals surface area contributed by atoms with E-state index in [-0.39, 0.29) is 11.6 Å². The van der Waals surface area contributed by atoms with Crippen LogP contribution in [0.5, 0.6) is 0 Å². The summed E-state index contributed by atoms with van der Waals surface area (Å²) >= 11 is 5.95. The van der Waals surface area contributed by atoms with Crippen LogP contribution < -0.4 is 5.32 Å². The number of rotatable bonds is 3. The molecule has 0 radical (unpaired) electrons. The van der Waals surface area contributed by atoms with Crippen LogP contribution in [0, 0.1) is 0 Å². The second-order valence-corrected chi connectivity index (χ2v) is 9.14. The van der Waals surface area contributed by atoms with E-state index in [1.165, 1.54) is 12.4 Å².